The molecular formula is C24H30N4O3. The predicted molar refractivity (Wildman–Crippen MR) is 120 cm³/mol. The number of benzene rings is 1. The topological polar surface area (TPSA) is 94.6 Å². The SMILES string of the molecule is Cc1ccc(CNC(=O)C2CCN(CC(=O)O)CC2)cc1-c1ccc2c(n1)NCCC2. The van der Waals surface area contributed by atoms with Crippen LogP contribution in [0.3, 0.4) is 0 Å². The second kappa shape index (κ2) is 9.47. The van der Waals surface area contributed by atoms with Gasteiger partial charge in [-0.2, -0.15) is 0 Å². The Balaban J connectivity index is 1.38. The number of carbonyl (C=O) groups excluding carboxylic acids is 1. The molecule has 2 aliphatic heterocycles. The Morgan fingerprint density at radius 3 is 2.81 bits per heavy atom. The molecule has 4 rings (SSSR count). The zero-order valence-electron chi connectivity index (χ0n) is 18.0. The van der Waals surface area contributed by atoms with Crippen LogP contribution >= 0.6 is 0 Å². The van der Waals surface area contributed by atoms with E-state index < -0.39 is 5.97 Å². The summed E-state index contributed by atoms with van der Waals surface area (Å²) >= 11 is 0. The van der Waals surface area contributed by atoms with E-state index in [0.717, 1.165) is 47.6 Å². The number of fused-ring (bicyclic) bond motifs is 1. The van der Waals surface area contributed by atoms with Crippen LogP contribution in [-0.2, 0) is 22.6 Å². The maximum atomic E-state index is 12.6. The zero-order valence-corrected chi connectivity index (χ0v) is 18.0. The fourth-order valence-corrected chi connectivity index (χ4v) is 4.41. The standard InChI is InChI=1S/C24H30N4O3/c1-16-4-5-17(13-20(16)21-7-6-18-3-2-10-25-23(18)27-21)14-26-24(31)19-8-11-28(12-9-19)15-22(29)30/h4-7,13,19H,2-3,8-12,14-15H2,1H3,(H,25,27)(H,26,31)(H,29,30). The zero-order chi connectivity index (χ0) is 21.8. The Morgan fingerprint density at radius 1 is 1.23 bits per heavy atom. The van der Waals surface area contributed by atoms with E-state index in [2.05, 4.69) is 41.8 Å². The van der Waals surface area contributed by atoms with Crippen LogP contribution in [0.4, 0.5) is 5.82 Å². The monoisotopic (exact) mass is 422 g/mol. The van der Waals surface area contributed by atoms with Gasteiger partial charge in [0.15, 0.2) is 0 Å². The number of aryl methyl sites for hydroxylation is 2. The predicted octanol–water partition coefficient (Wildman–Crippen LogP) is 2.83. The van der Waals surface area contributed by atoms with E-state index in [-0.39, 0.29) is 18.4 Å². The summed E-state index contributed by atoms with van der Waals surface area (Å²) < 4.78 is 0. The van der Waals surface area contributed by atoms with E-state index in [4.69, 9.17) is 10.1 Å². The minimum absolute atomic E-state index is 0.0483. The van der Waals surface area contributed by atoms with Crippen LogP contribution in [0.1, 0.15) is 36.0 Å². The highest BCUT2D eigenvalue weighted by atomic mass is 16.4. The molecule has 0 bridgehead atoms. The first-order valence-electron chi connectivity index (χ1n) is 11.0. The maximum absolute atomic E-state index is 12.6. The van der Waals surface area contributed by atoms with Crippen molar-refractivity contribution in [2.45, 2.75) is 39.2 Å². The molecule has 0 spiro atoms. The van der Waals surface area contributed by atoms with Crippen molar-refractivity contribution in [3.8, 4) is 11.3 Å². The van der Waals surface area contributed by atoms with Gasteiger partial charge in [0.25, 0.3) is 0 Å². The van der Waals surface area contributed by atoms with Crippen molar-refractivity contribution in [1.82, 2.24) is 15.2 Å². The minimum atomic E-state index is -0.817. The van der Waals surface area contributed by atoms with Crippen molar-refractivity contribution in [2.24, 2.45) is 5.92 Å². The first kappa shape index (κ1) is 21.3. The fraction of sp³-hybridized carbons (Fsp3) is 0.458. The van der Waals surface area contributed by atoms with E-state index >= 15 is 0 Å². The summed E-state index contributed by atoms with van der Waals surface area (Å²) in [6, 6.07) is 10.5. The fourth-order valence-electron chi connectivity index (χ4n) is 4.41. The third-order valence-corrected chi connectivity index (χ3v) is 6.26. The van der Waals surface area contributed by atoms with Crippen molar-refractivity contribution >= 4 is 17.7 Å². The molecule has 2 aliphatic rings. The third kappa shape index (κ3) is 5.22. The van der Waals surface area contributed by atoms with Crippen molar-refractivity contribution in [1.29, 1.82) is 0 Å². The van der Waals surface area contributed by atoms with Crippen molar-refractivity contribution in [3.63, 3.8) is 0 Å². The highest BCUT2D eigenvalue weighted by Gasteiger charge is 2.25. The summed E-state index contributed by atoms with van der Waals surface area (Å²) in [6.07, 6.45) is 3.60. The van der Waals surface area contributed by atoms with Crippen molar-refractivity contribution in [2.75, 3.05) is 31.5 Å². The molecule has 1 amide bonds. The van der Waals surface area contributed by atoms with E-state index in [1.165, 1.54) is 5.56 Å². The molecule has 7 nitrogen and oxygen atoms in total. The average Bonchev–Trinajstić information content (AvgIpc) is 2.78. The molecule has 3 heterocycles. The van der Waals surface area contributed by atoms with Crippen LogP contribution in [0, 0.1) is 12.8 Å². The third-order valence-electron chi connectivity index (χ3n) is 6.26. The summed E-state index contributed by atoms with van der Waals surface area (Å²) in [5.74, 6) is 0.162. The van der Waals surface area contributed by atoms with Gasteiger partial charge in [0.05, 0.1) is 12.2 Å². The number of pyridine rings is 1. The lowest BCUT2D eigenvalue weighted by Crippen LogP contribution is -2.42. The van der Waals surface area contributed by atoms with Crippen LogP contribution in [0.5, 0.6) is 0 Å². The van der Waals surface area contributed by atoms with Gasteiger partial charge in [0.2, 0.25) is 5.91 Å². The number of aromatic nitrogens is 1. The van der Waals surface area contributed by atoms with Gasteiger partial charge in [-0.3, -0.25) is 14.5 Å². The Bertz CT molecular complexity index is 967. The lowest BCUT2D eigenvalue weighted by molar-refractivity contribution is -0.138. The van der Waals surface area contributed by atoms with Crippen LogP contribution in [0.15, 0.2) is 30.3 Å². The van der Waals surface area contributed by atoms with E-state index in [1.54, 1.807) is 0 Å². The second-order valence-corrected chi connectivity index (χ2v) is 8.55. The number of carboxylic acid groups (broad SMARTS) is 1. The molecule has 2 aromatic rings. The number of piperidine rings is 1. The van der Waals surface area contributed by atoms with Crippen molar-refractivity contribution < 1.29 is 14.7 Å². The highest BCUT2D eigenvalue weighted by Crippen LogP contribution is 2.28. The van der Waals surface area contributed by atoms with Gasteiger partial charge in [-0.05, 0) is 74.5 Å². The number of nitrogens with zero attached hydrogens (tertiary/aromatic N) is 2. The van der Waals surface area contributed by atoms with Crippen LogP contribution in [0.25, 0.3) is 11.3 Å². The molecule has 0 unspecified atom stereocenters. The number of nitrogens with one attached hydrogen (secondary N) is 2. The number of carbonyl (C=O) groups is 2. The number of anilines is 1. The van der Waals surface area contributed by atoms with Gasteiger partial charge in [0.1, 0.15) is 5.82 Å². The smallest absolute Gasteiger partial charge is 0.317 e. The normalized spacial score (nSPS) is 16.9. The number of hydrogen-bond acceptors (Lipinski definition) is 5. The highest BCUT2D eigenvalue weighted by molar-refractivity contribution is 5.79. The summed E-state index contributed by atoms with van der Waals surface area (Å²) in [5, 5.41) is 15.4. The number of aliphatic carboxylic acids is 1. The summed E-state index contributed by atoms with van der Waals surface area (Å²) in [4.78, 5) is 30.2. The first-order chi connectivity index (χ1) is 15.0. The van der Waals surface area contributed by atoms with Gasteiger partial charge >= 0.3 is 5.97 Å². The molecular weight excluding hydrogens is 392 g/mol. The molecule has 0 aliphatic carbocycles. The minimum Gasteiger partial charge on any atom is -0.480 e. The number of likely N-dealkylation sites (tertiary alicyclic amines) is 1. The quantitative estimate of drug-likeness (QED) is 0.663. The molecule has 3 N–H and O–H groups in total. The molecule has 1 aromatic carbocycles. The van der Waals surface area contributed by atoms with E-state index in [1.807, 2.05) is 11.0 Å². The summed E-state index contributed by atoms with van der Waals surface area (Å²) in [6.45, 7) is 4.87. The van der Waals surface area contributed by atoms with Crippen LogP contribution in [-0.4, -0.2) is 53.0 Å². The Kier molecular flexibility index (Phi) is 6.51. The number of hydrogen-bond donors (Lipinski definition) is 3. The largest absolute Gasteiger partial charge is 0.480 e. The van der Waals surface area contributed by atoms with Gasteiger partial charge in [0, 0.05) is 24.6 Å². The van der Waals surface area contributed by atoms with E-state index in [0.29, 0.717) is 32.5 Å². The lowest BCUT2D eigenvalue weighted by Gasteiger charge is -2.30. The van der Waals surface area contributed by atoms with Gasteiger partial charge in [-0.25, -0.2) is 4.98 Å². The maximum Gasteiger partial charge on any atom is 0.317 e. The number of amides is 1. The van der Waals surface area contributed by atoms with Crippen LogP contribution < -0.4 is 10.6 Å². The molecule has 1 fully saturated rings. The molecule has 0 saturated carbocycles. The number of rotatable bonds is 6. The summed E-state index contributed by atoms with van der Waals surface area (Å²) in [5.41, 5.74) is 5.51. The molecule has 31 heavy (non-hydrogen) atoms. The molecule has 1 aromatic heterocycles. The first-order valence-corrected chi connectivity index (χ1v) is 11.0. The van der Waals surface area contributed by atoms with Gasteiger partial charge in [-0.15, -0.1) is 0 Å². The average molecular weight is 423 g/mol. The summed E-state index contributed by atoms with van der Waals surface area (Å²) in [7, 11) is 0. The Hall–Kier alpha value is -2.93. The van der Waals surface area contributed by atoms with Crippen LogP contribution in [0.2, 0.25) is 0 Å². The van der Waals surface area contributed by atoms with Gasteiger partial charge in [-0.1, -0.05) is 18.2 Å². The van der Waals surface area contributed by atoms with Gasteiger partial charge < -0.3 is 15.7 Å². The molecule has 0 radical (unpaired) electrons. The second-order valence-electron chi connectivity index (χ2n) is 8.55. The lowest BCUT2D eigenvalue weighted by atomic mass is 9.95. The molecule has 164 valence electrons. The molecule has 7 heteroatoms. The Morgan fingerprint density at radius 2 is 2.03 bits per heavy atom. The number of carboxylic acids is 1. The van der Waals surface area contributed by atoms with E-state index in [9.17, 15) is 9.59 Å². The Labute approximate surface area is 182 Å². The molecule has 1 saturated heterocycles. The molecule has 0 atom stereocenters. The van der Waals surface area contributed by atoms with Crippen molar-refractivity contribution in [3.05, 3.63) is 47.0 Å².